The number of nitrogens with one attached hydrogen (secondary N) is 3. The van der Waals surface area contributed by atoms with Crippen LogP contribution in [0.5, 0.6) is 0 Å². The molecule has 0 saturated carbocycles. The summed E-state index contributed by atoms with van der Waals surface area (Å²) in [5.41, 5.74) is 7.92. The van der Waals surface area contributed by atoms with Crippen molar-refractivity contribution in [3.05, 3.63) is 71.9 Å². The Hall–Kier alpha value is -4.18. The van der Waals surface area contributed by atoms with Crippen molar-refractivity contribution in [3.8, 4) is 0 Å². The Kier molecular flexibility index (Phi) is 8.19. The summed E-state index contributed by atoms with van der Waals surface area (Å²) in [5, 5.41) is 16.1. The number of H-pyrrole nitrogens is 1. The van der Waals surface area contributed by atoms with Crippen LogP contribution in [0, 0.1) is 0 Å². The number of amides is 3. The zero-order chi connectivity index (χ0) is 26.4. The van der Waals surface area contributed by atoms with Crippen LogP contribution in [0.2, 0.25) is 0 Å². The second-order valence-corrected chi connectivity index (χ2v) is 9.16. The third-order valence-corrected chi connectivity index (χ3v) is 6.68. The second kappa shape index (κ2) is 11.7. The summed E-state index contributed by atoms with van der Waals surface area (Å²) in [6, 6.07) is 13.7. The van der Waals surface area contributed by atoms with E-state index in [9.17, 15) is 24.3 Å². The number of carbonyl (C=O) groups is 4. The molecule has 3 atom stereocenters. The van der Waals surface area contributed by atoms with Gasteiger partial charge in [-0.1, -0.05) is 48.5 Å². The first kappa shape index (κ1) is 25.9. The van der Waals surface area contributed by atoms with E-state index in [1.807, 2.05) is 54.6 Å². The smallest absolute Gasteiger partial charge is 0.326 e. The predicted octanol–water partition coefficient (Wildman–Crippen LogP) is 0.957. The lowest BCUT2D eigenvalue weighted by Crippen LogP contribution is -2.56. The fourth-order valence-corrected chi connectivity index (χ4v) is 4.77. The number of rotatable bonds is 10. The molecule has 1 aromatic heterocycles. The molecule has 10 nitrogen and oxygen atoms in total. The van der Waals surface area contributed by atoms with Gasteiger partial charge in [-0.05, 0) is 30.0 Å². The van der Waals surface area contributed by atoms with Crippen LogP contribution in [0.1, 0.15) is 24.0 Å². The largest absolute Gasteiger partial charge is 0.480 e. The number of nitrogens with two attached hydrogens (primary N) is 1. The number of fused-ring (bicyclic) bond motifs is 1. The van der Waals surface area contributed by atoms with E-state index < -0.39 is 35.9 Å². The van der Waals surface area contributed by atoms with E-state index in [0.29, 0.717) is 19.4 Å². The lowest BCUT2D eigenvalue weighted by atomic mass is 10.0. The van der Waals surface area contributed by atoms with Crippen LogP contribution >= 0.6 is 0 Å². The molecule has 10 heteroatoms. The monoisotopic (exact) mass is 505 g/mol. The lowest BCUT2D eigenvalue weighted by Gasteiger charge is -2.27. The normalized spacial score (nSPS) is 16.8. The number of hydrogen-bond acceptors (Lipinski definition) is 5. The van der Waals surface area contributed by atoms with Crippen LogP contribution in [0.15, 0.2) is 60.8 Å². The standard InChI is InChI=1S/C27H31N5O5/c28-15-24(33)32-12-6-11-23(32)26(35)30-21(13-17-7-2-1-3-8-17)25(34)31-22(27(36)37)14-18-16-29-20-10-5-4-9-19(18)20/h1-5,7-10,16,21-23,29H,6,11-15,28H2,(H,30,35)(H,31,34)(H,36,37). The molecule has 0 aliphatic carbocycles. The van der Waals surface area contributed by atoms with Crippen LogP contribution in [0.25, 0.3) is 10.9 Å². The third kappa shape index (κ3) is 6.15. The van der Waals surface area contributed by atoms with Gasteiger partial charge >= 0.3 is 5.97 Å². The predicted molar refractivity (Wildman–Crippen MR) is 137 cm³/mol. The lowest BCUT2D eigenvalue weighted by molar-refractivity contribution is -0.142. The fourth-order valence-electron chi connectivity index (χ4n) is 4.77. The summed E-state index contributed by atoms with van der Waals surface area (Å²) < 4.78 is 0. The minimum absolute atomic E-state index is 0.0680. The van der Waals surface area contributed by atoms with Crippen molar-refractivity contribution in [2.45, 2.75) is 43.8 Å². The van der Waals surface area contributed by atoms with Gasteiger partial charge in [-0.2, -0.15) is 0 Å². The molecule has 0 bridgehead atoms. The van der Waals surface area contributed by atoms with E-state index in [4.69, 9.17) is 5.73 Å². The van der Waals surface area contributed by atoms with E-state index in [1.54, 1.807) is 6.20 Å². The Morgan fingerprint density at radius 1 is 1.00 bits per heavy atom. The van der Waals surface area contributed by atoms with Crippen LogP contribution in [-0.4, -0.2) is 69.9 Å². The fraction of sp³-hybridized carbons (Fsp3) is 0.333. The molecular formula is C27H31N5O5. The molecule has 1 saturated heterocycles. The Labute approximate surface area is 214 Å². The molecule has 0 radical (unpaired) electrons. The molecule has 2 heterocycles. The minimum Gasteiger partial charge on any atom is -0.480 e. The van der Waals surface area contributed by atoms with Gasteiger partial charge in [0.05, 0.1) is 6.54 Å². The maximum Gasteiger partial charge on any atom is 0.326 e. The van der Waals surface area contributed by atoms with Crippen LogP contribution in [0.3, 0.4) is 0 Å². The van der Waals surface area contributed by atoms with E-state index in [-0.39, 0.29) is 25.3 Å². The molecule has 1 aliphatic rings. The average molecular weight is 506 g/mol. The third-order valence-electron chi connectivity index (χ3n) is 6.68. The number of nitrogens with zero attached hydrogens (tertiary/aromatic N) is 1. The van der Waals surface area contributed by atoms with Crippen molar-refractivity contribution in [2.75, 3.05) is 13.1 Å². The Balaban J connectivity index is 1.52. The van der Waals surface area contributed by atoms with E-state index >= 15 is 0 Å². The molecule has 194 valence electrons. The van der Waals surface area contributed by atoms with Gasteiger partial charge in [0.15, 0.2) is 0 Å². The van der Waals surface area contributed by atoms with Gasteiger partial charge in [-0.3, -0.25) is 14.4 Å². The van der Waals surface area contributed by atoms with Gasteiger partial charge in [0.25, 0.3) is 0 Å². The summed E-state index contributed by atoms with van der Waals surface area (Å²) in [4.78, 5) is 55.4. The molecule has 1 fully saturated rings. The zero-order valence-electron chi connectivity index (χ0n) is 20.4. The zero-order valence-corrected chi connectivity index (χ0v) is 20.4. The molecule has 4 rings (SSSR count). The number of aromatic amines is 1. The summed E-state index contributed by atoms with van der Waals surface area (Å²) >= 11 is 0. The average Bonchev–Trinajstić information content (AvgIpc) is 3.56. The van der Waals surface area contributed by atoms with Gasteiger partial charge in [-0.15, -0.1) is 0 Å². The van der Waals surface area contributed by atoms with Gasteiger partial charge in [0.2, 0.25) is 17.7 Å². The van der Waals surface area contributed by atoms with Gasteiger partial charge in [0.1, 0.15) is 18.1 Å². The number of benzene rings is 2. The Bertz CT molecular complexity index is 1270. The first-order valence-corrected chi connectivity index (χ1v) is 12.3. The number of aromatic nitrogens is 1. The van der Waals surface area contributed by atoms with Crippen molar-refractivity contribution in [1.82, 2.24) is 20.5 Å². The van der Waals surface area contributed by atoms with E-state index in [2.05, 4.69) is 15.6 Å². The van der Waals surface area contributed by atoms with Crippen molar-refractivity contribution >= 4 is 34.6 Å². The molecule has 3 unspecified atom stereocenters. The molecule has 6 N–H and O–H groups in total. The van der Waals surface area contributed by atoms with Crippen LogP contribution in [0.4, 0.5) is 0 Å². The summed E-state index contributed by atoms with van der Waals surface area (Å²) in [7, 11) is 0. The van der Waals surface area contributed by atoms with E-state index in [0.717, 1.165) is 22.0 Å². The van der Waals surface area contributed by atoms with Crippen molar-refractivity contribution < 1.29 is 24.3 Å². The molecule has 37 heavy (non-hydrogen) atoms. The molecule has 3 amide bonds. The first-order valence-electron chi connectivity index (χ1n) is 12.3. The molecule has 3 aromatic rings. The number of likely N-dealkylation sites (tertiary alicyclic amines) is 1. The van der Waals surface area contributed by atoms with E-state index in [1.165, 1.54) is 4.90 Å². The topological polar surface area (TPSA) is 158 Å². The summed E-state index contributed by atoms with van der Waals surface area (Å²) in [5.74, 6) is -2.58. The molecule has 1 aliphatic heterocycles. The SMILES string of the molecule is NCC(=O)N1CCCC1C(=O)NC(Cc1ccccc1)C(=O)NC(Cc1c[nH]c2ccccc12)C(=O)O. The van der Waals surface area contributed by atoms with Gasteiger partial charge < -0.3 is 31.4 Å². The second-order valence-electron chi connectivity index (χ2n) is 9.16. The van der Waals surface area contributed by atoms with Crippen molar-refractivity contribution in [3.63, 3.8) is 0 Å². The minimum atomic E-state index is -1.20. The van der Waals surface area contributed by atoms with Gasteiger partial charge in [0, 0.05) is 36.5 Å². The quantitative estimate of drug-likeness (QED) is 0.276. The summed E-state index contributed by atoms with van der Waals surface area (Å²) in [6.07, 6.45) is 3.09. The Morgan fingerprint density at radius 2 is 1.73 bits per heavy atom. The highest BCUT2D eigenvalue weighted by Gasteiger charge is 2.36. The van der Waals surface area contributed by atoms with Crippen molar-refractivity contribution in [1.29, 1.82) is 0 Å². The number of hydrogen-bond donors (Lipinski definition) is 5. The number of aliphatic carboxylic acids is 1. The number of carboxylic acid groups (broad SMARTS) is 1. The van der Waals surface area contributed by atoms with Crippen LogP contribution in [-0.2, 0) is 32.0 Å². The number of carbonyl (C=O) groups excluding carboxylic acids is 3. The number of para-hydroxylation sites is 1. The van der Waals surface area contributed by atoms with Crippen LogP contribution < -0.4 is 16.4 Å². The van der Waals surface area contributed by atoms with Gasteiger partial charge in [-0.25, -0.2) is 4.79 Å². The van der Waals surface area contributed by atoms with Crippen molar-refractivity contribution in [2.24, 2.45) is 5.73 Å². The first-order chi connectivity index (χ1) is 17.9. The Morgan fingerprint density at radius 3 is 2.46 bits per heavy atom. The highest BCUT2D eigenvalue weighted by atomic mass is 16.4. The molecule has 0 spiro atoms. The molecular weight excluding hydrogens is 474 g/mol. The highest BCUT2D eigenvalue weighted by molar-refractivity contribution is 5.94. The maximum absolute atomic E-state index is 13.4. The number of carboxylic acids is 1. The maximum atomic E-state index is 13.4. The molecule has 2 aromatic carbocycles. The highest BCUT2D eigenvalue weighted by Crippen LogP contribution is 2.20. The summed E-state index contributed by atoms with van der Waals surface area (Å²) in [6.45, 7) is 0.223.